The second-order valence-corrected chi connectivity index (χ2v) is 6.23. The van der Waals surface area contributed by atoms with Crippen LogP contribution in [0, 0.1) is 0 Å². The van der Waals surface area contributed by atoms with Crippen molar-refractivity contribution in [1.29, 1.82) is 0 Å². The Labute approximate surface area is 138 Å². The third-order valence-electron chi connectivity index (χ3n) is 4.56. The molecule has 2 aliphatic heterocycles. The molecule has 132 valence electrons. The first-order valence-electron chi connectivity index (χ1n) is 8.13. The number of halogens is 3. The molecule has 3 rings (SSSR count). The largest absolute Gasteiger partial charge is 0.467 e. The Hall–Kier alpha value is -1.83. The molecule has 1 aromatic rings. The lowest BCUT2D eigenvalue weighted by Crippen LogP contribution is -2.46. The van der Waals surface area contributed by atoms with Crippen molar-refractivity contribution in [2.75, 3.05) is 19.7 Å². The Morgan fingerprint density at radius 1 is 1.33 bits per heavy atom. The van der Waals surface area contributed by atoms with Crippen LogP contribution in [0.2, 0.25) is 0 Å². The van der Waals surface area contributed by atoms with Crippen molar-refractivity contribution in [3.8, 4) is 5.88 Å². The van der Waals surface area contributed by atoms with Gasteiger partial charge < -0.3 is 10.1 Å². The molecule has 5 nitrogen and oxygen atoms in total. The highest BCUT2D eigenvalue weighted by atomic mass is 19.4. The summed E-state index contributed by atoms with van der Waals surface area (Å²) in [5.41, 5.74) is 0.0380. The van der Waals surface area contributed by atoms with Crippen LogP contribution in [-0.2, 0) is 0 Å². The summed E-state index contributed by atoms with van der Waals surface area (Å²) < 4.78 is 41.7. The molecule has 2 fully saturated rings. The molecule has 24 heavy (non-hydrogen) atoms. The Morgan fingerprint density at radius 2 is 2.17 bits per heavy atom. The topological polar surface area (TPSA) is 54.5 Å². The highest BCUT2D eigenvalue weighted by molar-refractivity contribution is 5.96. The third kappa shape index (κ3) is 3.98. The number of fused-ring (bicyclic) bond motifs is 1. The maximum absolute atomic E-state index is 12.5. The number of ether oxygens (including phenoxy) is 1. The molecule has 2 atom stereocenters. The number of hydrogen-bond acceptors (Lipinski definition) is 4. The summed E-state index contributed by atoms with van der Waals surface area (Å²) in [5.74, 6) is -0.719. The van der Waals surface area contributed by atoms with Crippen molar-refractivity contribution < 1.29 is 22.7 Å². The van der Waals surface area contributed by atoms with E-state index < -0.39 is 18.7 Å². The average molecular weight is 343 g/mol. The molecule has 0 radical (unpaired) electrons. The van der Waals surface area contributed by atoms with Gasteiger partial charge in [0.15, 0.2) is 6.61 Å². The summed E-state index contributed by atoms with van der Waals surface area (Å²) in [7, 11) is 0. The van der Waals surface area contributed by atoms with E-state index in [0.717, 1.165) is 32.4 Å². The van der Waals surface area contributed by atoms with E-state index in [9.17, 15) is 18.0 Å². The number of alkyl halides is 3. The van der Waals surface area contributed by atoms with E-state index in [-0.39, 0.29) is 17.5 Å². The predicted molar refractivity (Wildman–Crippen MR) is 80.9 cm³/mol. The van der Waals surface area contributed by atoms with Gasteiger partial charge in [-0.05, 0) is 37.9 Å². The summed E-state index contributed by atoms with van der Waals surface area (Å²) in [6.45, 7) is 0.522. The average Bonchev–Trinajstić information content (AvgIpc) is 2.96. The zero-order valence-corrected chi connectivity index (χ0v) is 13.2. The fraction of sp³-hybridized carbons (Fsp3) is 0.625. The van der Waals surface area contributed by atoms with Gasteiger partial charge in [0.2, 0.25) is 5.88 Å². The van der Waals surface area contributed by atoms with Gasteiger partial charge in [0, 0.05) is 24.8 Å². The second-order valence-electron chi connectivity index (χ2n) is 6.23. The zero-order valence-electron chi connectivity index (χ0n) is 13.2. The quantitative estimate of drug-likeness (QED) is 0.912. The zero-order chi connectivity index (χ0) is 17.2. The normalized spacial score (nSPS) is 24.5. The summed E-state index contributed by atoms with van der Waals surface area (Å²) in [5, 5.41) is 2.95. The number of hydrogen-bond donors (Lipinski definition) is 1. The van der Waals surface area contributed by atoms with Crippen LogP contribution >= 0.6 is 0 Å². The van der Waals surface area contributed by atoms with Gasteiger partial charge in [-0.25, -0.2) is 4.98 Å². The molecule has 0 aromatic carbocycles. The molecule has 3 heterocycles. The van der Waals surface area contributed by atoms with Gasteiger partial charge in [0.25, 0.3) is 5.91 Å². The lowest BCUT2D eigenvalue weighted by molar-refractivity contribution is -0.154. The van der Waals surface area contributed by atoms with Gasteiger partial charge in [-0.1, -0.05) is 6.42 Å². The number of nitrogens with one attached hydrogen (secondary N) is 1. The molecule has 0 spiro atoms. The number of nitrogens with zero attached hydrogens (tertiary/aromatic N) is 2. The minimum Gasteiger partial charge on any atom is -0.467 e. The molecule has 0 saturated carbocycles. The van der Waals surface area contributed by atoms with E-state index in [0.29, 0.717) is 6.04 Å². The minimum absolute atomic E-state index is 0.0217. The number of aromatic nitrogens is 1. The highest BCUT2D eigenvalue weighted by Gasteiger charge is 2.37. The monoisotopic (exact) mass is 343 g/mol. The Balaban J connectivity index is 1.67. The number of carbonyl (C=O) groups is 1. The van der Waals surface area contributed by atoms with Gasteiger partial charge in [0.1, 0.15) is 5.56 Å². The van der Waals surface area contributed by atoms with Crippen molar-refractivity contribution in [3.05, 3.63) is 23.9 Å². The molecule has 0 bridgehead atoms. The summed E-state index contributed by atoms with van der Waals surface area (Å²) in [6.07, 6.45) is 1.04. The van der Waals surface area contributed by atoms with Crippen LogP contribution in [-0.4, -0.2) is 53.7 Å². The maximum Gasteiger partial charge on any atom is 0.422 e. The smallest absolute Gasteiger partial charge is 0.422 e. The molecular formula is C16H20F3N3O2. The lowest BCUT2D eigenvalue weighted by Gasteiger charge is -2.32. The van der Waals surface area contributed by atoms with Gasteiger partial charge in [-0.3, -0.25) is 9.69 Å². The molecule has 1 aromatic heterocycles. The van der Waals surface area contributed by atoms with Crippen molar-refractivity contribution in [1.82, 2.24) is 15.2 Å². The maximum atomic E-state index is 12.5. The number of piperidine rings is 1. The summed E-state index contributed by atoms with van der Waals surface area (Å²) >= 11 is 0. The third-order valence-corrected chi connectivity index (χ3v) is 4.56. The Bertz CT molecular complexity index is 594. The van der Waals surface area contributed by atoms with Gasteiger partial charge in [-0.15, -0.1) is 0 Å². The molecule has 1 amide bonds. The molecular weight excluding hydrogens is 323 g/mol. The van der Waals surface area contributed by atoms with Crippen LogP contribution in [0.15, 0.2) is 18.3 Å². The molecule has 8 heteroatoms. The van der Waals surface area contributed by atoms with E-state index in [1.165, 1.54) is 24.8 Å². The van der Waals surface area contributed by atoms with E-state index >= 15 is 0 Å². The van der Waals surface area contributed by atoms with E-state index in [1.807, 2.05) is 0 Å². The summed E-state index contributed by atoms with van der Waals surface area (Å²) in [6, 6.07) is 3.28. The molecule has 0 unspecified atom stereocenters. The first-order chi connectivity index (χ1) is 11.4. The SMILES string of the molecule is O=C(N[C@@H]1CCN2CCCC[C@H]12)c1cccnc1OCC(F)(F)F. The van der Waals surface area contributed by atoms with Crippen molar-refractivity contribution in [2.24, 2.45) is 0 Å². The van der Waals surface area contributed by atoms with Gasteiger partial charge in [0.05, 0.1) is 0 Å². The number of amides is 1. The Morgan fingerprint density at radius 3 is 2.96 bits per heavy atom. The standard InChI is InChI=1S/C16H20F3N3O2/c17-16(18,19)10-24-15-11(4-3-7-20-15)14(23)21-12-6-9-22-8-2-1-5-13(12)22/h3-4,7,12-13H,1-2,5-6,8-10H2,(H,21,23)/t12-,13-/m1/s1. The fourth-order valence-corrected chi connectivity index (χ4v) is 3.49. The van der Waals surface area contributed by atoms with Crippen LogP contribution in [0.25, 0.3) is 0 Å². The van der Waals surface area contributed by atoms with Crippen LogP contribution in [0.5, 0.6) is 5.88 Å². The predicted octanol–water partition coefficient (Wildman–Crippen LogP) is 2.38. The molecule has 2 aliphatic rings. The second kappa shape index (κ2) is 6.96. The number of carbonyl (C=O) groups excluding carboxylic acids is 1. The van der Waals surface area contributed by atoms with Crippen LogP contribution < -0.4 is 10.1 Å². The van der Waals surface area contributed by atoms with E-state index in [2.05, 4.69) is 19.9 Å². The molecule has 0 aliphatic carbocycles. The van der Waals surface area contributed by atoms with Crippen LogP contribution in [0.3, 0.4) is 0 Å². The van der Waals surface area contributed by atoms with Gasteiger partial charge in [-0.2, -0.15) is 13.2 Å². The van der Waals surface area contributed by atoms with Crippen LogP contribution in [0.4, 0.5) is 13.2 Å². The fourth-order valence-electron chi connectivity index (χ4n) is 3.49. The van der Waals surface area contributed by atoms with Crippen molar-refractivity contribution in [2.45, 2.75) is 43.9 Å². The molecule has 1 N–H and O–H groups in total. The minimum atomic E-state index is -4.47. The lowest BCUT2D eigenvalue weighted by atomic mass is 9.99. The Kier molecular flexibility index (Phi) is 4.93. The van der Waals surface area contributed by atoms with E-state index in [4.69, 9.17) is 0 Å². The van der Waals surface area contributed by atoms with Gasteiger partial charge >= 0.3 is 6.18 Å². The first kappa shape index (κ1) is 17.0. The van der Waals surface area contributed by atoms with E-state index in [1.54, 1.807) is 0 Å². The van der Waals surface area contributed by atoms with Crippen LogP contribution in [0.1, 0.15) is 36.0 Å². The highest BCUT2D eigenvalue weighted by Crippen LogP contribution is 2.28. The number of rotatable bonds is 4. The summed E-state index contributed by atoms with van der Waals surface area (Å²) in [4.78, 5) is 18.6. The molecule has 2 saturated heterocycles. The first-order valence-corrected chi connectivity index (χ1v) is 8.13. The van der Waals surface area contributed by atoms with Crippen molar-refractivity contribution >= 4 is 5.91 Å². The number of pyridine rings is 1. The van der Waals surface area contributed by atoms with Crippen molar-refractivity contribution in [3.63, 3.8) is 0 Å².